The number of ether oxygens (including phenoxy) is 4. The fourth-order valence-corrected chi connectivity index (χ4v) is 6.90. The minimum Gasteiger partial charge on any atom is -0.489 e. The van der Waals surface area contributed by atoms with Crippen molar-refractivity contribution in [3.05, 3.63) is 57.2 Å². The lowest BCUT2D eigenvalue weighted by atomic mass is 9.91. The highest BCUT2D eigenvalue weighted by molar-refractivity contribution is 7.93. The van der Waals surface area contributed by atoms with Crippen molar-refractivity contribution in [1.82, 2.24) is 9.88 Å². The Balaban J connectivity index is 1.64. The third-order valence-corrected chi connectivity index (χ3v) is 9.07. The van der Waals surface area contributed by atoms with E-state index in [1.54, 1.807) is 46.4 Å². The van der Waals surface area contributed by atoms with Gasteiger partial charge in [-0.3, -0.25) is 4.90 Å². The minimum absolute atomic E-state index is 0.128. The molecule has 0 bridgehead atoms. The van der Waals surface area contributed by atoms with Crippen LogP contribution in [0.1, 0.15) is 54.4 Å². The van der Waals surface area contributed by atoms with Gasteiger partial charge in [0.05, 0.1) is 29.8 Å². The molecular weight excluding hydrogens is 649 g/mol. The third-order valence-electron chi connectivity index (χ3n) is 6.52. The molecule has 4 rings (SSSR count). The van der Waals surface area contributed by atoms with E-state index in [1.807, 2.05) is 12.2 Å². The van der Waals surface area contributed by atoms with Gasteiger partial charge < -0.3 is 18.9 Å². The number of rotatable bonds is 7. The standard InChI is InChI=1S/C30H37ClFN3O8S2/c1-29(2,3)42-27(36)34-11-7-8-20(19-9-12-40-13-10-19)23(34)16-41-24-15-22(32)25(14-21(24)31)45(38,39)35(26-17-44-18-33-26)28(37)43-30(4,5)6/h8-9,14-15,17-18,23H,7,10-13,16H2,1-6H3. The van der Waals surface area contributed by atoms with Crippen LogP contribution in [0.3, 0.4) is 0 Å². The molecule has 45 heavy (non-hydrogen) atoms. The molecule has 0 spiro atoms. The van der Waals surface area contributed by atoms with Crippen molar-refractivity contribution in [2.75, 3.05) is 30.7 Å². The zero-order chi connectivity index (χ0) is 33.2. The molecular formula is C30H37ClFN3O8S2. The number of carbonyl (C=O) groups is 2. The molecule has 0 fully saturated rings. The second-order valence-corrected chi connectivity index (χ2v) is 15.2. The third kappa shape index (κ3) is 8.54. The molecule has 1 atom stereocenters. The van der Waals surface area contributed by atoms with Gasteiger partial charge in [0.25, 0.3) is 10.0 Å². The number of aromatic nitrogens is 1. The summed E-state index contributed by atoms with van der Waals surface area (Å²) < 4.78 is 65.6. The van der Waals surface area contributed by atoms with Crippen molar-refractivity contribution in [2.45, 2.75) is 76.5 Å². The van der Waals surface area contributed by atoms with Crippen LogP contribution < -0.4 is 9.04 Å². The molecule has 1 unspecified atom stereocenters. The van der Waals surface area contributed by atoms with Crippen LogP contribution >= 0.6 is 22.9 Å². The van der Waals surface area contributed by atoms with Crippen molar-refractivity contribution < 1.29 is 41.3 Å². The summed E-state index contributed by atoms with van der Waals surface area (Å²) in [5.41, 5.74) is 1.41. The Morgan fingerprint density at radius 2 is 1.87 bits per heavy atom. The van der Waals surface area contributed by atoms with Crippen molar-refractivity contribution in [3.8, 4) is 5.75 Å². The first kappa shape index (κ1) is 34.7. The van der Waals surface area contributed by atoms with Gasteiger partial charge in [0.1, 0.15) is 34.3 Å². The molecule has 2 aromatic rings. The molecule has 0 saturated heterocycles. The van der Waals surface area contributed by atoms with E-state index in [4.69, 9.17) is 30.5 Å². The zero-order valence-electron chi connectivity index (χ0n) is 26.0. The number of nitrogens with zero attached hydrogens (tertiary/aromatic N) is 3. The average Bonchev–Trinajstić information content (AvgIpc) is 3.45. The Hall–Kier alpha value is -3.20. The first-order valence-corrected chi connectivity index (χ1v) is 17.0. The molecule has 2 aliphatic rings. The number of hydrogen-bond acceptors (Lipinski definition) is 10. The SMILES string of the molecule is CC(C)(C)OC(=O)N1CCC=C(C2=CCOCC2)C1COc1cc(F)c(S(=O)(=O)N(C(=O)OC(C)(C)C)c2cscn2)cc1Cl. The largest absolute Gasteiger partial charge is 0.489 e. The van der Waals surface area contributed by atoms with Gasteiger partial charge in [0.2, 0.25) is 0 Å². The first-order chi connectivity index (χ1) is 21.0. The lowest BCUT2D eigenvalue weighted by molar-refractivity contribution is 0.0138. The quantitative estimate of drug-likeness (QED) is 0.312. The number of sulfonamides is 1. The molecule has 0 saturated carbocycles. The number of benzene rings is 1. The summed E-state index contributed by atoms with van der Waals surface area (Å²) >= 11 is 7.50. The van der Waals surface area contributed by atoms with E-state index in [-0.39, 0.29) is 23.2 Å². The van der Waals surface area contributed by atoms with E-state index >= 15 is 4.39 Å². The average molecular weight is 686 g/mol. The predicted octanol–water partition coefficient (Wildman–Crippen LogP) is 6.73. The second kappa shape index (κ2) is 13.7. The van der Waals surface area contributed by atoms with Gasteiger partial charge in [-0.15, -0.1) is 15.6 Å². The highest BCUT2D eigenvalue weighted by atomic mass is 35.5. The van der Waals surface area contributed by atoms with Crippen molar-refractivity contribution in [3.63, 3.8) is 0 Å². The summed E-state index contributed by atoms with van der Waals surface area (Å²) in [6, 6.07) is 1.10. The summed E-state index contributed by atoms with van der Waals surface area (Å²) in [7, 11) is -4.87. The summed E-state index contributed by atoms with van der Waals surface area (Å²) in [5, 5.41) is 1.09. The molecule has 2 amide bonds. The van der Waals surface area contributed by atoms with E-state index in [9.17, 15) is 18.0 Å². The van der Waals surface area contributed by atoms with E-state index < -0.39 is 50.2 Å². The van der Waals surface area contributed by atoms with Gasteiger partial charge in [-0.2, -0.15) is 0 Å². The molecule has 1 aromatic heterocycles. The summed E-state index contributed by atoms with van der Waals surface area (Å²) in [4.78, 5) is 30.8. The highest BCUT2D eigenvalue weighted by Gasteiger charge is 2.39. The fourth-order valence-electron chi connectivity index (χ4n) is 4.68. The number of anilines is 1. The first-order valence-electron chi connectivity index (χ1n) is 14.2. The zero-order valence-corrected chi connectivity index (χ0v) is 28.4. The summed E-state index contributed by atoms with van der Waals surface area (Å²) in [6.07, 6.45) is 3.43. The van der Waals surface area contributed by atoms with Gasteiger partial charge in [-0.1, -0.05) is 23.8 Å². The summed E-state index contributed by atoms with van der Waals surface area (Å²) in [5.74, 6) is -1.62. The van der Waals surface area contributed by atoms with Crippen LogP contribution in [0.15, 0.2) is 51.2 Å². The highest BCUT2D eigenvalue weighted by Crippen LogP contribution is 2.35. The maximum Gasteiger partial charge on any atom is 0.430 e. The number of hydrogen-bond donors (Lipinski definition) is 0. The molecule has 3 heterocycles. The van der Waals surface area contributed by atoms with Crippen LogP contribution in [0.2, 0.25) is 5.02 Å². The molecule has 1 aromatic carbocycles. The number of thiazole rings is 1. The Morgan fingerprint density at radius 1 is 1.16 bits per heavy atom. The van der Waals surface area contributed by atoms with Crippen LogP contribution in [-0.4, -0.2) is 74.1 Å². The van der Waals surface area contributed by atoms with Crippen molar-refractivity contribution >= 4 is 51.0 Å². The van der Waals surface area contributed by atoms with Crippen LogP contribution in [-0.2, 0) is 24.2 Å². The second-order valence-electron chi connectivity index (χ2n) is 12.3. The van der Waals surface area contributed by atoms with Gasteiger partial charge in [0, 0.05) is 18.0 Å². The monoisotopic (exact) mass is 685 g/mol. The van der Waals surface area contributed by atoms with Gasteiger partial charge >= 0.3 is 12.2 Å². The van der Waals surface area contributed by atoms with Crippen LogP contribution in [0, 0.1) is 5.82 Å². The van der Waals surface area contributed by atoms with Crippen molar-refractivity contribution in [2.24, 2.45) is 0 Å². The van der Waals surface area contributed by atoms with Crippen LogP contribution in [0.5, 0.6) is 5.75 Å². The molecule has 0 N–H and O–H groups in total. The normalized spacial score (nSPS) is 17.7. The molecule has 15 heteroatoms. The van der Waals surface area contributed by atoms with Crippen LogP contribution in [0.4, 0.5) is 19.8 Å². The van der Waals surface area contributed by atoms with Gasteiger partial charge in [0.15, 0.2) is 5.82 Å². The van der Waals surface area contributed by atoms with Crippen molar-refractivity contribution in [1.29, 1.82) is 0 Å². The van der Waals surface area contributed by atoms with E-state index in [0.717, 1.165) is 34.6 Å². The van der Waals surface area contributed by atoms with E-state index in [1.165, 1.54) is 10.9 Å². The Bertz CT molecular complexity index is 1580. The molecule has 0 radical (unpaired) electrons. The number of amides is 2. The number of halogens is 2. The molecule has 246 valence electrons. The van der Waals surface area contributed by atoms with Gasteiger partial charge in [-0.25, -0.2) is 27.4 Å². The van der Waals surface area contributed by atoms with Gasteiger partial charge in [-0.05, 0) is 71.6 Å². The lowest BCUT2D eigenvalue weighted by Crippen LogP contribution is -2.49. The topological polar surface area (TPSA) is 125 Å². The fraction of sp³-hybridized carbons (Fsp3) is 0.500. The minimum atomic E-state index is -4.87. The Kier molecular flexibility index (Phi) is 10.5. The molecule has 0 aliphatic carbocycles. The lowest BCUT2D eigenvalue weighted by Gasteiger charge is -2.38. The number of carbonyl (C=O) groups excluding carboxylic acids is 2. The molecule has 2 aliphatic heterocycles. The predicted molar refractivity (Wildman–Crippen MR) is 168 cm³/mol. The summed E-state index contributed by atoms with van der Waals surface area (Å²) in [6.45, 7) is 11.2. The maximum absolute atomic E-state index is 15.6. The van der Waals surface area contributed by atoms with E-state index in [2.05, 4.69) is 4.98 Å². The maximum atomic E-state index is 15.6. The molecule has 11 nitrogen and oxygen atoms in total. The van der Waals surface area contributed by atoms with Crippen LogP contribution in [0.25, 0.3) is 0 Å². The Labute approximate surface area is 271 Å². The smallest absolute Gasteiger partial charge is 0.430 e. The van der Waals surface area contributed by atoms with E-state index in [0.29, 0.717) is 36.9 Å². The Morgan fingerprint density at radius 3 is 2.47 bits per heavy atom.